The minimum absolute atomic E-state index is 0.0464. The van der Waals surface area contributed by atoms with Crippen molar-refractivity contribution in [3.8, 4) is 5.75 Å². The van der Waals surface area contributed by atoms with E-state index in [1.54, 1.807) is 20.1 Å². The molecule has 0 unspecified atom stereocenters. The summed E-state index contributed by atoms with van der Waals surface area (Å²) in [6, 6.07) is 9.84. The van der Waals surface area contributed by atoms with E-state index in [2.05, 4.69) is 5.32 Å². The lowest BCUT2D eigenvalue weighted by Crippen LogP contribution is -2.35. The monoisotopic (exact) mass is 410 g/mol. The molecule has 0 saturated carbocycles. The molecule has 1 N–H and O–H groups in total. The normalized spacial score (nSPS) is 11.5. The van der Waals surface area contributed by atoms with Gasteiger partial charge in [-0.25, -0.2) is 12.8 Å². The van der Waals surface area contributed by atoms with E-state index in [0.29, 0.717) is 24.5 Å². The van der Waals surface area contributed by atoms with E-state index < -0.39 is 28.3 Å². The van der Waals surface area contributed by atoms with Crippen molar-refractivity contribution < 1.29 is 27.1 Å². The maximum atomic E-state index is 13.2. The lowest BCUT2D eigenvalue weighted by Gasteiger charge is -2.18. The molecule has 1 amide bonds. The molecule has 0 atom stereocenters. The van der Waals surface area contributed by atoms with Gasteiger partial charge in [-0.1, -0.05) is 6.07 Å². The predicted octanol–water partition coefficient (Wildman–Crippen LogP) is 2.42. The van der Waals surface area contributed by atoms with E-state index in [9.17, 15) is 17.6 Å². The first-order chi connectivity index (χ1) is 13.2. The van der Waals surface area contributed by atoms with Gasteiger partial charge in [0.15, 0.2) is 0 Å². The number of ether oxygens (including phenoxy) is 2. The smallest absolute Gasteiger partial charge is 0.243 e. The first-order valence-corrected chi connectivity index (χ1v) is 9.92. The second-order valence-corrected chi connectivity index (χ2v) is 8.13. The Labute approximate surface area is 164 Å². The second kappa shape index (κ2) is 9.63. The molecule has 28 heavy (non-hydrogen) atoms. The van der Waals surface area contributed by atoms with E-state index >= 15 is 0 Å². The van der Waals surface area contributed by atoms with Gasteiger partial charge in [0, 0.05) is 19.8 Å². The van der Waals surface area contributed by atoms with Crippen molar-refractivity contribution in [2.45, 2.75) is 11.8 Å². The summed E-state index contributed by atoms with van der Waals surface area (Å²) in [6.07, 6.45) is 0. The van der Waals surface area contributed by atoms with Gasteiger partial charge < -0.3 is 14.8 Å². The van der Waals surface area contributed by atoms with E-state index in [1.807, 2.05) is 0 Å². The summed E-state index contributed by atoms with van der Waals surface area (Å²) in [7, 11) is -1.01. The van der Waals surface area contributed by atoms with Crippen LogP contribution < -0.4 is 10.1 Å². The van der Waals surface area contributed by atoms with Gasteiger partial charge in [0.1, 0.15) is 18.2 Å². The summed E-state index contributed by atoms with van der Waals surface area (Å²) in [5.41, 5.74) is 0.902. The molecule has 0 aliphatic carbocycles. The fourth-order valence-corrected chi connectivity index (χ4v) is 3.63. The summed E-state index contributed by atoms with van der Waals surface area (Å²) in [5.74, 6) is -0.516. The lowest BCUT2D eigenvalue weighted by molar-refractivity contribution is -0.116. The number of carbonyl (C=O) groups excluding carboxylic acids is 1. The number of aryl methyl sites for hydroxylation is 1. The van der Waals surface area contributed by atoms with Crippen molar-refractivity contribution in [2.75, 3.05) is 39.2 Å². The van der Waals surface area contributed by atoms with Gasteiger partial charge in [-0.2, -0.15) is 4.31 Å². The number of hydrogen-bond acceptors (Lipinski definition) is 5. The van der Waals surface area contributed by atoms with Crippen LogP contribution in [0.4, 0.5) is 10.1 Å². The summed E-state index contributed by atoms with van der Waals surface area (Å²) in [6.45, 7) is 2.09. The number of halogens is 1. The molecule has 0 radical (unpaired) electrons. The summed E-state index contributed by atoms with van der Waals surface area (Å²) in [4.78, 5) is 12.2. The molecule has 7 nitrogen and oxygen atoms in total. The molecule has 0 aliphatic rings. The van der Waals surface area contributed by atoms with Crippen LogP contribution in [-0.2, 0) is 19.6 Å². The van der Waals surface area contributed by atoms with Gasteiger partial charge in [0.05, 0.1) is 18.0 Å². The molecular formula is C19H23FN2O5S. The zero-order valence-corrected chi connectivity index (χ0v) is 16.8. The quantitative estimate of drug-likeness (QED) is 0.642. The molecule has 0 aliphatic heterocycles. The van der Waals surface area contributed by atoms with Crippen LogP contribution in [0.15, 0.2) is 47.4 Å². The topological polar surface area (TPSA) is 84.9 Å². The van der Waals surface area contributed by atoms with Gasteiger partial charge in [-0.15, -0.1) is 0 Å². The molecule has 0 fully saturated rings. The average Bonchev–Trinajstić information content (AvgIpc) is 2.63. The van der Waals surface area contributed by atoms with Crippen molar-refractivity contribution in [2.24, 2.45) is 0 Å². The van der Waals surface area contributed by atoms with E-state index in [1.165, 1.54) is 37.4 Å². The molecule has 0 aromatic heterocycles. The van der Waals surface area contributed by atoms with Crippen LogP contribution in [0.3, 0.4) is 0 Å². The molecule has 0 heterocycles. The van der Waals surface area contributed by atoms with Crippen molar-refractivity contribution in [3.05, 3.63) is 53.8 Å². The van der Waals surface area contributed by atoms with Crippen LogP contribution in [0.1, 0.15) is 5.56 Å². The van der Waals surface area contributed by atoms with Gasteiger partial charge in [0.25, 0.3) is 0 Å². The van der Waals surface area contributed by atoms with Crippen molar-refractivity contribution in [1.29, 1.82) is 0 Å². The fourth-order valence-electron chi connectivity index (χ4n) is 2.41. The number of nitrogens with one attached hydrogen (secondary N) is 1. The lowest BCUT2D eigenvalue weighted by atomic mass is 10.2. The Morgan fingerprint density at radius 2 is 1.93 bits per heavy atom. The number of hydrogen-bond donors (Lipinski definition) is 1. The molecule has 2 aromatic carbocycles. The van der Waals surface area contributed by atoms with E-state index in [4.69, 9.17) is 9.47 Å². The number of sulfonamides is 1. The number of likely N-dealkylation sites (N-methyl/N-ethyl adjacent to an activating group) is 1. The van der Waals surface area contributed by atoms with Crippen molar-refractivity contribution in [3.63, 3.8) is 0 Å². The largest absolute Gasteiger partial charge is 0.491 e. The predicted molar refractivity (Wildman–Crippen MR) is 103 cm³/mol. The number of anilines is 1. The zero-order valence-electron chi connectivity index (χ0n) is 15.9. The Hall–Kier alpha value is -2.49. The van der Waals surface area contributed by atoms with Crippen LogP contribution in [0.2, 0.25) is 0 Å². The summed E-state index contributed by atoms with van der Waals surface area (Å²) >= 11 is 0. The molecule has 0 saturated heterocycles. The average molecular weight is 410 g/mol. The Kier molecular flexibility index (Phi) is 7.50. The zero-order chi connectivity index (χ0) is 20.7. The van der Waals surface area contributed by atoms with Crippen molar-refractivity contribution >= 4 is 21.6 Å². The maximum absolute atomic E-state index is 13.2. The van der Waals surface area contributed by atoms with E-state index in [0.717, 1.165) is 10.4 Å². The standard InChI is InChI=1S/C19H23FN2O5S/c1-14-11-17(7-8-18(14)27-10-9-26-3)28(24,25)22(2)13-19(23)21-16-6-4-5-15(20)12-16/h4-8,11-12H,9-10,13H2,1-3H3,(H,21,23). The third kappa shape index (κ3) is 5.75. The molecule has 0 bridgehead atoms. The highest BCUT2D eigenvalue weighted by Crippen LogP contribution is 2.23. The molecule has 2 aromatic rings. The highest BCUT2D eigenvalue weighted by atomic mass is 32.2. The number of methoxy groups -OCH3 is 1. The van der Waals surface area contributed by atoms with Crippen molar-refractivity contribution in [1.82, 2.24) is 4.31 Å². The van der Waals surface area contributed by atoms with Crippen LogP contribution in [-0.4, -0.2) is 52.5 Å². The van der Waals surface area contributed by atoms with Crippen LogP contribution in [0, 0.1) is 12.7 Å². The first-order valence-electron chi connectivity index (χ1n) is 8.48. The summed E-state index contributed by atoms with van der Waals surface area (Å²) in [5, 5.41) is 2.47. The molecule has 2 rings (SSSR count). The highest BCUT2D eigenvalue weighted by Gasteiger charge is 2.23. The third-order valence-electron chi connectivity index (χ3n) is 3.87. The third-order valence-corrected chi connectivity index (χ3v) is 5.67. The van der Waals surface area contributed by atoms with Crippen LogP contribution >= 0.6 is 0 Å². The molecule has 152 valence electrons. The Morgan fingerprint density at radius 3 is 2.57 bits per heavy atom. The molecular weight excluding hydrogens is 387 g/mol. The number of amides is 1. The van der Waals surface area contributed by atoms with Crippen LogP contribution in [0.25, 0.3) is 0 Å². The first kappa shape index (κ1) is 21.8. The summed E-state index contributed by atoms with van der Waals surface area (Å²) < 4.78 is 50.0. The number of nitrogens with zero attached hydrogens (tertiary/aromatic N) is 1. The van der Waals surface area contributed by atoms with E-state index in [-0.39, 0.29) is 10.6 Å². The van der Waals surface area contributed by atoms with Gasteiger partial charge >= 0.3 is 0 Å². The Balaban J connectivity index is 2.06. The van der Waals surface area contributed by atoms with Gasteiger partial charge in [0.2, 0.25) is 15.9 Å². The highest BCUT2D eigenvalue weighted by molar-refractivity contribution is 7.89. The number of benzene rings is 2. The Morgan fingerprint density at radius 1 is 1.18 bits per heavy atom. The molecule has 9 heteroatoms. The number of rotatable bonds is 9. The van der Waals surface area contributed by atoms with Gasteiger partial charge in [-0.05, 0) is 48.9 Å². The minimum Gasteiger partial charge on any atom is -0.491 e. The molecule has 0 spiro atoms. The minimum atomic E-state index is -3.88. The fraction of sp³-hybridized carbons (Fsp3) is 0.316. The SMILES string of the molecule is COCCOc1ccc(S(=O)(=O)N(C)CC(=O)Nc2cccc(F)c2)cc1C. The Bertz CT molecular complexity index is 934. The van der Waals surface area contributed by atoms with Gasteiger partial charge in [-0.3, -0.25) is 4.79 Å². The maximum Gasteiger partial charge on any atom is 0.243 e. The van der Waals surface area contributed by atoms with Crippen LogP contribution in [0.5, 0.6) is 5.75 Å². The number of carbonyl (C=O) groups is 1. The second-order valence-electron chi connectivity index (χ2n) is 6.09.